The zero-order valence-electron chi connectivity index (χ0n) is 11.6. The van der Waals surface area contributed by atoms with Crippen LogP contribution in [0.4, 0.5) is 5.69 Å². The molecule has 21 heavy (non-hydrogen) atoms. The molecule has 1 aliphatic carbocycles. The van der Waals surface area contributed by atoms with Crippen molar-refractivity contribution in [3.05, 3.63) is 53.5 Å². The van der Waals surface area contributed by atoms with Gasteiger partial charge in [0.2, 0.25) is 0 Å². The highest BCUT2D eigenvalue weighted by molar-refractivity contribution is 6.04. The van der Waals surface area contributed by atoms with Gasteiger partial charge in [0.1, 0.15) is 5.76 Å². The molecule has 1 fully saturated rings. The lowest BCUT2D eigenvalue weighted by atomic mass is 9.96. The lowest BCUT2D eigenvalue weighted by Gasteiger charge is -2.11. The van der Waals surface area contributed by atoms with Gasteiger partial charge in [0, 0.05) is 5.69 Å². The molecule has 1 saturated carbocycles. The molecule has 0 aliphatic heterocycles. The van der Waals surface area contributed by atoms with Crippen LogP contribution in [-0.4, -0.2) is 17.0 Å². The Morgan fingerprint density at radius 2 is 1.86 bits per heavy atom. The van der Waals surface area contributed by atoms with E-state index in [2.05, 4.69) is 5.32 Å². The predicted molar refractivity (Wildman–Crippen MR) is 76.4 cm³/mol. The van der Waals surface area contributed by atoms with Crippen molar-refractivity contribution in [1.82, 2.24) is 0 Å². The number of carboxylic acids is 1. The summed E-state index contributed by atoms with van der Waals surface area (Å²) in [5, 5.41) is 12.0. The van der Waals surface area contributed by atoms with E-state index in [0.717, 1.165) is 5.56 Å². The topological polar surface area (TPSA) is 79.5 Å². The largest absolute Gasteiger partial charge is 0.481 e. The minimum Gasteiger partial charge on any atom is -0.481 e. The number of rotatable bonds is 4. The van der Waals surface area contributed by atoms with Crippen LogP contribution in [0.5, 0.6) is 0 Å². The fourth-order valence-electron chi connectivity index (χ4n) is 2.44. The normalized spacial score (nSPS) is 15.5. The van der Waals surface area contributed by atoms with Gasteiger partial charge in [-0.05, 0) is 43.5 Å². The summed E-state index contributed by atoms with van der Waals surface area (Å²) in [6, 6.07) is 8.60. The minimum absolute atomic E-state index is 0.242. The summed E-state index contributed by atoms with van der Waals surface area (Å²) in [4.78, 5) is 23.3. The number of benzene rings is 1. The number of aliphatic carboxylic acids is 1. The van der Waals surface area contributed by atoms with E-state index >= 15 is 0 Å². The highest BCUT2D eigenvalue weighted by Crippen LogP contribution is 2.48. The Morgan fingerprint density at radius 3 is 2.33 bits per heavy atom. The van der Waals surface area contributed by atoms with Crippen LogP contribution in [0.15, 0.2) is 41.0 Å². The van der Waals surface area contributed by atoms with E-state index in [0.29, 0.717) is 29.9 Å². The summed E-state index contributed by atoms with van der Waals surface area (Å²) in [5.41, 5.74) is 1.19. The van der Waals surface area contributed by atoms with Gasteiger partial charge < -0.3 is 14.8 Å². The molecule has 1 aromatic heterocycles. The van der Waals surface area contributed by atoms with Crippen molar-refractivity contribution in [2.45, 2.75) is 25.2 Å². The molecular formula is C16H15NO4. The number of carbonyl (C=O) groups is 2. The van der Waals surface area contributed by atoms with Crippen molar-refractivity contribution >= 4 is 17.6 Å². The number of carboxylic acid groups (broad SMARTS) is 1. The molecular weight excluding hydrogens is 270 g/mol. The molecule has 1 aromatic carbocycles. The van der Waals surface area contributed by atoms with E-state index in [1.165, 1.54) is 6.26 Å². The number of hydrogen-bond acceptors (Lipinski definition) is 3. The average molecular weight is 285 g/mol. The molecule has 2 aromatic rings. The number of nitrogens with one attached hydrogen (secondary N) is 1. The molecule has 5 heteroatoms. The first-order valence-corrected chi connectivity index (χ1v) is 6.72. The van der Waals surface area contributed by atoms with E-state index in [4.69, 9.17) is 4.42 Å². The Kier molecular flexibility index (Phi) is 3.05. The van der Waals surface area contributed by atoms with Crippen LogP contribution in [-0.2, 0) is 10.2 Å². The molecule has 0 spiro atoms. The molecule has 1 heterocycles. The van der Waals surface area contributed by atoms with Crippen LogP contribution >= 0.6 is 0 Å². The van der Waals surface area contributed by atoms with E-state index in [1.807, 2.05) is 0 Å². The second-order valence-corrected chi connectivity index (χ2v) is 5.31. The van der Waals surface area contributed by atoms with Crippen molar-refractivity contribution in [1.29, 1.82) is 0 Å². The monoisotopic (exact) mass is 285 g/mol. The van der Waals surface area contributed by atoms with Crippen molar-refractivity contribution in [2.75, 3.05) is 5.32 Å². The summed E-state index contributed by atoms with van der Waals surface area (Å²) in [6.07, 6.45) is 2.81. The number of furan rings is 1. The van der Waals surface area contributed by atoms with Gasteiger partial charge in [0.05, 0.1) is 17.2 Å². The Balaban J connectivity index is 1.75. The third-order valence-electron chi connectivity index (χ3n) is 3.96. The molecule has 0 radical (unpaired) electrons. The standard InChI is InChI=1S/C16H15NO4/c1-10-13(6-9-21-10)14(18)17-12-4-2-11(3-5-12)16(7-8-16)15(19)20/h2-6,9H,7-8H2,1H3,(H,17,18)(H,19,20). The Bertz CT molecular complexity index is 695. The van der Waals surface area contributed by atoms with Gasteiger partial charge in [-0.2, -0.15) is 0 Å². The minimum atomic E-state index is -0.784. The summed E-state index contributed by atoms with van der Waals surface area (Å²) in [6.45, 7) is 1.72. The van der Waals surface area contributed by atoms with Gasteiger partial charge in [-0.1, -0.05) is 12.1 Å². The van der Waals surface area contributed by atoms with Crippen LogP contribution in [0.3, 0.4) is 0 Å². The van der Waals surface area contributed by atoms with Gasteiger partial charge in [-0.15, -0.1) is 0 Å². The number of carbonyl (C=O) groups excluding carboxylic acids is 1. The molecule has 2 N–H and O–H groups in total. The molecule has 0 unspecified atom stereocenters. The van der Waals surface area contributed by atoms with Crippen molar-refractivity contribution < 1.29 is 19.1 Å². The first kappa shape index (κ1) is 13.4. The van der Waals surface area contributed by atoms with Crippen molar-refractivity contribution in [3.63, 3.8) is 0 Å². The fourth-order valence-corrected chi connectivity index (χ4v) is 2.44. The molecule has 0 saturated heterocycles. The summed E-state index contributed by atoms with van der Waals surface area (Å²) in [7, 11) is 0. The van der Waals surface area contributed by atoms with Crippen LogP contribution in [0, 0.1) is 6.92 Å². The van der Waals surface area contributed by atoms with Crippen molar-refractivity contribution in [3.8, 4) is 0 Å². The van der Waals surface area contributed by atoms with Crippen molar-refractivity contribution in [2.24, 2.45) is 0 Å². The highest BCUT2D eigenvalue weighted by atomic mass is 16.4. The Labute approximate surface area is 121 Å². The lowest BCUT2D eigenvalue weighted by Crippen LogP contribution is -2.19. The third-order valence-corrected chi connectivity index (χ3v) is 3.96. The van der Waals surface area contributed by atoms with E-state index in [-0.39, 0.29) is 5.91 Å². The second-order valence-electron chi connectivity index (χ2n) is 5.31. The predicted octanol–water partition coefficient (Wildman–Crippen LogP) is 2.96. The molecule has 1 aliphatic rings. The number of anilines is 1. The van der Waals surface area contributed by atoms with Gasteiger partial charge in [-0.3, -0.25) is 9.59 Å². The fraction of sp³-hybridized carbons (Fsp3) is 0.250. The molecule has 108 valence electrons. The molecule has 5 nitrogen and oxygen atoms in total. The molecule has 0 atom stereocenters. The van der Waals surface area contributed by atoms with E-state index in [1.54, 1.807) is 37.3 Å². The van der Waals surface area contributed by atoms with Gasteiger partial charge in [0.15, 0.2) is 0 Å². The quantitative estimate of drug-likeness (QED) is 0.905. The van der Waals surface area contributed by atoms with Crippen LogP contribution in [0.25, 0.3) is 0 Å². The third kappa shape index (κ3) is 2.31. The zero-order chi connectivity index (χ0) is 15.0. The van der Waals surface area contributed by atoms with Gasteiger partial charge in [0.25, 0.3) is 5.91 Å². The second kappa shape index (κ2) is 4.77. The lowest BCUT2D eigenvalue weighted by molar-refractivity contribution is -0.140. The number of hydrogen-bond donors (Lipinski definition) is 2. The average Bonchev–Trinajstić information content (AvgIpc) is 3.16. The van der Waals surface area contributed by atoms with Gasteiger partial charge in [-0.25, -0.2) is 0 Å². The first-order valence-electron chi connectivity index (χ1n) is 6.72. The van der Waals surface area contributed by atoms with E-state index in [9.17, 15) is 14.7 Å². The first-order chi connectivity index (χ1) is 10.0. The zero-order valence-corrected chi connectivity index (χ0v) is 11.6. The van der Waals surface area contributed by atoms with E-state index < -0.39 is 11.4 Å². The molecule has 1 amide bonds. The molecule has 3 rings (SSSR count). The number of aryl methyl sites for hydroxylation is 1. The smallest absolute Gasteiger partial charge is 0.314 e. The molecule has 0 bridgehead atoms. The SMILES string of the molecule is Cc1occc1C(=O)Nc1ccc(C2(C(=O)O)CC2)cc1. The Morgan fingerprint density at radius 1 is 1.19 bits per heavy atom. The van der Waals surface area contributed by atoms with Crippen LogP contribution < -0.4 is 5.32 Å². The maximum absolute atomic E-state index is 12.0. The Hall–Kier alpha value is -2.56. The van der Waals surface area contributed by atoms with Gasteiger partial charge >= 0.3 is 5.97 Å². The summed E-state index contributed by atoms with van der Waals surface area (Å²) < 4.78 is 5.10. The maximum Gasteiger partial charge on any atom is 0.314 e. The van der Waals surface area contributed by atoms with Crippen LogP contribution in [0.1, 0.15) is 34.5 Å². The summed E-state index contributed by atoms with van der Waals surface area (Å²) >= 11 is 0. The maximum atomic E-state index is 12.0. The highest BCUT2D eigenvalue weighted by Gasteiger charge is 2.51. The van der Waals surface area contributed by atoms with Crippen LogP contribution in [0.2, 0.25) is 0 Å². The number of amides is 1. The summed E-state index contributed by atoms with van der Waals surface area (Å²) in [5.74, 6) is -0.464.